The molecular formula is C17H25NO. The number of amides is 1. The molecule has 0 aromatic rings. The first kappa shape index (κ1) is 13.0. The van der Waals surface area contributed by atoms with Crippen LogP contribution in [0.3, 0.4) is 0 Å². The van der Waals surface area contributed by atoms with Gasteiger partial charge in [-0.15, -0.1) is 0 Å². The van der Waals surface area contributed by atoms with E-state index in [1.165, 1.54) is 24.8 Å². The molecule has 104 valence electrons. The van der Waals surface area contributed by atoms with Crippen LogP contribution in [0.1, 0.15) is 52.4 Å². The van der Waals surface area contributed by atoms with Gasteiger partial charge in [0.05, 0.1) is 5.41 Å². The average Bonchev–Trinajstić information content (AvgIpc) is 2.34. The lowest BCUT2D eigenvalue weighted by Crippen LogP contribution is -2.45. The van der Waals surface area contributed by atoms with Crippen LogP contribution in [-0.2, 0) is 4.79 Å². The summed E-state index contributed by atoms with van der Waals surface area (Å²) < 4.78 is 0. The number of piperidine rings is 1. The Hall–Kier alpha value is -1.05. The van der Waals surface area contributed by atoms with E-state index in [0.717, 1.165) is 32.4 Å². The summed E-state index contributed by atoms with van der Waals surface area (Å²) in [7, 11) is 0. The van der Waals surface area contributed by atoms with Gasteiger partial charge < -0.3 is 4.90 Å². The molecule has 1 amide bonds. The Morgan fingerprint density at radius 3 is 2.58 bits per heavy atom. The molecule has 0 radical (unpaired) electrons. The fourth-order valence-corrected chi connectivity index (χ4v) is 4.00. The smallest absolute Gasteiger partial charge is 0.232 e. The number of allylic oxidation sites excluding steroid dienone is 3. The van der Waals surface area contributed by atoms with Crippen molar-refractivity contribution < 1.29 is 4.79 Å². The highest BCUT2D eigenvalue weighted by molar-refractivity contribution is 5.85. The maximum absolute atomic E-state index is 12.9. The van der Waals surface area contributed by atoms with E-state index in [0.29, 0.717) is 11.8 Å². The Balaban J connectivity index is 1.82. The molecule has 3 aliphatic carbocycles. The van der Waals surface area contributed by atoms with Gasteiger partial charge in [0.1, 0.15) is 0 Å². The minimum Gasteiger partial charge on any atom is -0.342 e. The molecule has 2 unspecified atom stereocenters. The fourth-order valence-electron chi connectivity index (χ4n) is 4.00. The van der Waals surface area contributed by atoms with Gasteiger partial charge in [0.25, 0.3) is 0 Å². The molecule has 0 aromatic carbocycles. The third kappa shape index (κ3) is 2.50. The van der Waals surface area contributed by atoms with Gasteiger partial charge in [-0.05, 0) is 51.4 Å². The zero-order chi connectivity index (χ0) is 13.5. The minimum atomic E-state index is -0.269. The Kier molecular flexibility index (Phi) is 3.28. The summed E-state index contributed by atoms with van der Waals surface area (Å²) in [5.41, 5.74) is 2.78. The molecule has 19 heavy (non-hydrogen) atoms. The zero-order valence-electron chi connectivity index (χ0n) is 12.2. The van der Waals surface area contributed by atoms with Crippen LogP contribution in [0.4, 0.5) is 0 Å². The molecule has 1 aliphatic heterocycles. The van der Waals surface area contributed by atoms with E-state index in [-0.39, 0.29) is 5.41 Å². The number of carbonyl (C=O) groups excluding carboxylic acids is 1. The van der Waals surface area contributed by atoms with E-state index < -0.39 is 0 Å². The van der Waals surface area contributed by atoms with Crippen LogP contribution in [0.2, 0.25) is 0 Å². The predicted octanol–water partition coefficient (Wildman–Crippen LogP) is 3.69. The van der Waals surface area contributed by atoms with Crippen molar-refractivity contribution >= 4 is 5.91 Å². The van der Waals surface area contributed by atoms with E-state index in [4.69, 9.17) is 0 Å². The van der Waals surface area contributed by atoms with Crippen molar-refractivity contribution in [3.05, 3.63) is 23.3 Å². The second kappa shape index (κ2) is 4.81. The van der Waals surface area contributed by atoms with Gasteiger partial charge in [-0.1, -0.05) is 30.2 Å². The van der Waals surface area contributed by atoms with Crippen LogP contribution < -0.4 is 0 Å². The molecule has 1 saturated heterocycles. The predicted molar refractivity (Wildman–Crippen MR) is 77.7 cm³/mol. The average molecular weight is 259 g/mol. The molecule has 2 atom stereocenters. The molecule has 1 heterocycles. The van der Waals surface area contributed by atoms with Gasteiger partial charge in [-0.25, -0.2) is 0 Å². The summed E-state index contributed by atoms with van der Waals surface area (Å²) in [4.78, 5) is 15.0. The Bertz CT molecular complexity index is 432. The Labute approximate surface area is 116 Å². The molecule has 0 spiro atoms. The molecule has 2 bridgehead atoms. The number of fused-ring (bicyclic) bond motifs is 4. The van der Waals surface area contributed by atoms with Crippen LogP contribution in [0.5, 0.6) is 0 Å². The lowest BCUT2D eigenvalue weighted by Gasteiger charge is -2.39. The van der Waals surface area contributed by atoms with Crippen LogP contribution in [0.25, 0.3) is 0 Å². The van der Waals surface area contributed by atoms with Gasteiger partial charge in [-0.3, -0.25) is 4.79 Å². The summed E-state index contributed by atoms with van der Waals surface area (Å²) in [6.07, 6.45) is 11.5. The molecular weight excluding hydrogens is 234 g/mol. The SMILES string of the molecule is CC1C=C2CC(=CC(C)(C(=O)N3CCCCC3)C1)C2. The summed E-state index contributed by atoms with van der Waals surface area (Å²) in [5, 5.41) is 0. The number of nitrogens with zero attached hydrogens (tertiary/aromatic N) is 1. The summed E-state index contributed by atoms with van der Waals surface area (Å²) in [6.45, 7) is 6.34. The van der Waals surface area contributed by atoms with Crippen molar-refractivity contribution in [3.63, 3.8) is 0 Å². The quantitative estimate of drug-likeness (QED) is 0.658. The van der Waals surface area contributed by atoms with Crippen molar-refractivity contribution in [3.8, 4) is 0 Å². The van der Waals surface area contributed by atoms with Crippen molar-refractivity contribution in [2.45, 2.75) is 52.4 Å². The second-order valence-corrected chi connectivity index (χ2v) is 6.93. The first-order valence-electron chi connectivity index (χ1n) is 7.76. The van der Waals surface area contributed by atoms with Gasteiger partial charge in [0.15, 0.2) is 0 Å². The van der Waals surface area contributed by atoms with Gasteiger partial charge in [0.2, 0.25) is 5.91 Å². The Morgan fingerprint density at radius 2 is 1.89 bits per heavy atom. The topological polar surface area (TPSA) is 20.3 Å². The normalized spacial score (nSPS) is 34.6. The second-order valence-electron chi connectivity index (χ2n) is 6.93. The summed E-state index contributed by atoms with van der Waals surface area (Å²) >= 11 is 0. The van der Waals surface area contributed by atoms with Crippen molar-refractivity contribution in [1.29, 1.82) is 0 Å². The highest BCUT2D eigenvalue weighted by atomic mass is 16.2. The highest BCUT2D eigenvalue weighted by Crippen LogP contribution is 2.43. The van der Waals surface area contributed by atoms with Crippen molar-refractivity contribution in [2.75, 3.05) is 13.1 Å². The van der Waals surface area contributed by atoms with E-state index in [1.807, 2.05) is 0 Å². The van der Waals surface area contributed by atoms with Crippen molar-refractivity contribution in [1.82, 2.24) is 4.90 Å². The molecule has 4 rings (SSSR count). The molecule has 2 nitrogen and oxygen atoms in total. The first-order valence-corrected chi connectivity index (χ1v) is 7.76. The molecule has 1 saturated carbocycles. The zero-order valence-corrected chi connectivity index (χ0v) is 12.2. The largest absolute Gasteiger partial charge is 0.342 e. The van der Waals surface area contributed by atoms with E-state index in [1.54, 1.807) is 5.57 Å². The highest BCUT2D eigenvalue weighted by Gasteiger charge is 2.38. The van der Waals surface area contributed by atoms with E-state index in [9.17, 15) is 4.79 Å². The monoisotopic (exact) mass is 259 g/mol. The number of rotatable bonds is 1. The van der Waals surface area contributed by atoms with Gasteiger partial charge in [-0.2, -0.15) is 0 Å². The van der Waals surface area contributed by atoms with E-state index in [2.05, 4.69) is 30.9 Å². The van der Waals surface area contributed by atoms with Crippen LogP contribution in [0.15, 0.2) is 23.3 Å². The first-order chi connectivity index (χ1) is 9.07. The number of hydrogen-bond acceptors (Lipinski definition) is 1. The lowest BCUT2D eigenvalue weighted by molar-refractivity contribution is -0.140. The summed E-state index contributed by atoms with van der Waals surface area (Å²) in [6, 6.07) is 0. The maximum Gasteiger partial charge on any atom is 0.232 e. The molecule has 0 N–H and O–H groups in total. The maximum atomic E-state index is 12.9. The van der Waals surface area contributed by atoms with Crippen LogP contribution in [0, 0.1) is 11.3 Å². The number of hydrogen-bond donors (Lipinski definition) is 0. The summed E-state index contributed by atoms with van der Waals surface area (Å²) in [5.74, 6) is 0.891. The molecule has 2 fully saturated rings. The van der Waals surface area contributed by atoms with Gasteiger partial charge in [0, 0.05) is 13.1 Å². The fraction of sp³-hybridized carbons (Fsp3) is 0.706. The molecule has 4 aliphatic rings. The third-order valence-corrected chi connectivity index (χ3v) is 4.83. The minimum absolute atomic E-state index is 0.269. The van der Waals surface area contributed by atoms with Gasteiger partial charge >= 0.3 is 0 Å². The third-order valence-electron chi connectivity index (χ3n) is 4.83. The van der Waals surface area contributed by atoms with Crippen LogP contribution in [-0.4, -0.2) is 23.9 Å². The van der Waals surface area contributed by atoms with Crippen LogP contribution >= 0.6 is 0 Å². The number of carbonyl (C=O) groups is 1. The molecule has 2 heteroatoms. The number of likely N-dealkylation sites (tertiary alicyclic amines) is 1. The lowest BCUT2D eigenvalue weighted by atomic mass is 9.70. The Morgan fingerprint density at radius 1 is 1.21 bits per heavy atom. The van der Waals surface area contributed by atoms with E-state index >= 15 is 0 Å². The van der Waals surface area contributed by atoms with Crippen molar-refractivity contribution in [2.24, 2.45) is 11.3 Å². The standard InChI is InChI=1S/C17H25NO/c1-13-8-14-9-15(10-14)12-17(2,11-13)16(19)18-6-4-3-5-7-18/h8,12-13H,3-7,9-11H2,1-2H3. The molecule has 0 aromatic heterocycles.